The number of fused-ring (bicyclic) bond motifs is 2. The number of nitro groups is 1. The summed E-state index contributed by atoms with van der Waals surface area (Å²) >= 11 is 1.25. The Morgan fingerprint density at radius 2 is 2.18 bits per heavy atom. The average Bonchev–Trinajstić information content (AvgIpc) is 3.27. The first-order valence-corrected chi connectivity index (χ1v) is 9.10. The molecule has 0 spiro atoms. The summed E-state index contributed by atoms with van der Waals surface area (Å²) in [5.41, 5.74) is 1.65. The third-order valence-electron chi connectivity index (χ3n) is 4.07. The molecule has 2 heterocycles. The first-order valence-electron chi connectivity index (χ1n) is 8.28. The van der Waals surface area contributed by atoms with E-state index in [1.165, 1.54) is 23.5 Å². The normalized spacial score (nSPS) is 12.1. The number of carbonyl (C=O) groups is 1. The van der Waals surface area contributed by atoms with Crippen LogP contribution >= 0.6 is 11.3 Å². The number of carbonyl (C=O) groups excluding carboxylic acids is 1. The van der Waals surface area contributed by atoms with E-state index in [9.17, 15) is 14.9 Å². The van der Waals surface area contributed by atoms with Gasteiger partial charge in [0.05, 0.1) is 21.7 Å². The summed E-state index contributed by atoms with van der Waals surface area (Å²) in [6.07, 6.45) is 0. The van der Waals surface area contributed by atoms with Gasteiger partial charge in [-0.05, 0) is 18.2 Å². The molecule has 4 rings (SSSR count). The zero-order chi connectivity index (χ0) is 19.7. The topological polar surface area (TPSA) is 113 Å². The van der Waals surface area contributed by atoms with Crippen molar-refractivity contribution in [3.8, 4) is 0 Å². The van der Waals surface area contributed by atoms with Gasteiger partial charge in [0, 0.05) is 25.8 Å². The molecule has 2 aromatic carbocycles. The van der Waals surface area contributed by atoms with E-state index in [0.29, 0.717) is 34.6 Å². The molecule has 0 unspecified atom stereocenters. The number of amides is 1. The summed E-state index contributed by atoms with van der Waals surface area (Å²) in [6.45, 7) is 0.746. The van der Waals surface area contributed by atoms with Gasteiger partial charge in [-0.2, -0.15) is 4.99 Å². The first-order chi connectivity index (χ1) is 13.6. The molecule has 10 heteroatoms. The summed E-state index contributed by atoms with van der Waals surface area (Å²) in [4.78, 5) is 31.9. The molecule has 0 aliphatic rings. The van der Waals surface area contributed by atoms with Crippen LogP contribution in [0, 0.1) is 10.1 Å². The van der Waals surface area contributed by atoms with Gasteiger partial charge in [0.2, 0.25) is 0 Å². The van der Waals surface area contributed by atoms with Crippen molar-refractivity contribution in [2.24, 2.45) is 4.99 Å². The zero-order valence-electron chi connectivity index (χ0n) is 14.7. The lowest BCUT2D eigenvalue weighted by molar-refractivity contribution is -0.384. The van der Waals surface area contributed by atoms with Crippen molar-refractivity contribution in [1.29, 1.82) is 0 Å². The molecular formula is C18H14N4O5S. The smallest absolute Gasteiger partial charge is 0.335 e. The number of oxazole rings is 1. The van der Waals surface area contributed by atoms with Crippen LogP contribution in [0.4, 0.5) is 5.69 Å². The van der Waals surface area contributed by atoms with Crippen LogP contribution in [0.5, 0.6) is 0 Å². The Balaban J connectivity index is 1.83. The van der Waals surface area contributed by atoms with Crippen LogP contribution in [-0.2, 0) is 11.3 Å². The fraction of sp³-hybridized carbons (Fsp3) is 0.167. The molecule has 1 amide bonds. The highest BCUT2D eigenvalue weighted by molar-refractivity contribution is 7.16. The molecule has 0 saturated carbocycles. The highest BCUT2D eigenvalue weighted by atomic mass is 32.1. The molecule has 28 heavy (non-hydrogen) atoms. The minimum atomic E-state index is -0.622. The maximum atomic E-state index is 12.6. The minimum absolute atomic E-state index is 0.0340. The lowest BCUT2D eigenvalue weighted by Gasteiger charge is -2.03. The Morgan fingerprint density at radius 1 is 1.36 bits per heavy atom. The van der Waals surface area contributed by atoms with Crippen LogP contribution in [0.2, 0.25) is 0 Å². The van der Waals surface area contributed by atoms with E-state index in [1.807, 2.05) is 0 Å². The number of aromatic nitrogens is 2. The van der Waals surface area contributed by atoms with Crippen molar-refractivity contribution in [2.45, 2.75) is 6.54 Å². The monoisotopic (exact) mass is 398 g/mol. The van der Waals surface area contributed by atoms with E-state index in [0.717, 1.165) is 4.70 Å². The van der Waals surface area contributed by atoms with Crippen molar-refractivity contribution in [2.75, 3.05) is 13.7 Å². The lowest BCUT2D eigenvalue weighted by Crippen LogP contribution is -2.19. The van der Waals surface area contributed by atoms with E-state index in [1.54, 1.807) is 42.0 Å². The Hall–Kier alpha value is -3.37. The van der Waals surface area contributed by atoms with Gasteiger partial charge in [0.25, 0.3) is 11.6 Å². The summed E-state index contributed by atoms with van der Waals surface area (Å²) in [6, 6.07) is 11.6. The number of non-ortho nitro benzene ring substituents is 1. The molecule has 0 saturated heterocycles. The SMILES string of the molecule is COCCn1c(=NC(=O)c2nc3ccccc3o2)sc2ccc([N+](=O)[O-])cc21. The molecule has 0 N–H and O–H groups in total. The maximum Gasteiger partial charge on any atom is 0.335 e. The highest BCUT2D eigenvalue weighted by Crippen LogP contribution is 2.23. The Bertz CT molecular complexity index is 1240. The molecule has 0 atom stereocenters. The molecule has 4 aromatic rings. The third-order valence-corrected chi connectivity index (χ3v) is 5.13. The number of para-hydroxylation sites is 2. The van der Waals surface area contributed by atoms with Crippen molar-refractivity contribution in [1.82, 2.24) is 9.55 Å². The van der Waals surface area contributed by atoms with Gasteiger partial charge >= 0.3 is 5.91 Å². The second-order valence-electron chi connectivity index (χ2n) is 5.84. The molecule has 0 fully saturated rings. The molecular weight excluding hydrogens is 384 g/mol. The van der Waals surface area contributed by atoms with E-state index < -0.39 is 10.8 Å². The predicted octanol–water partition coefficient (Wildman–Crippen LogP) is 3.14. The standard InChI is InChI=1S/C18H14N4O5S/c1-26-9-8-21-13-10-11(22(24)25)6-7-15(13)28-18(21)20-16(23)17-19-12-4-2-3-5-14(12)27-17/h2-7,10H,8-9H2,1H3. The van der Waals surface area contributed by atoms with Crippen LogP contribution in [0.15, 0.2) is 51.9 Å². The molecule has 142 valence electrons. The number of nitrogens with zero attached hydrogens (tertiary/aromatic N) is 4. The Labute approximate surface area is 161 Å². The molecule has 9 nitrogen and oxygen atoms in total. The van der Waals surface area contributed by atoms with Crippen molar-refractivity contribution >= 4 is 44.2 Å². The molecule has 0 aliphatic carbocycles. The van der Waals surface area contributed by atoms with E-state index >= 15 is 0 Å². The lowest BCUT2D eigenvalue weighted by atomic mass is 10.3. The largest absolute Gasteiger partial charge is 0.432 e. The second-order valence-corrected chi connectivity index (χ2v) is 6.85. The number of methoxy groups -OCH3 is 1. The fourth-order valence-corrected chi connectivity index (χ4v) is 3.79. The quantitative estimate of drug-likeness (QED) is 0.377. The van der Waals surface area contributed by atoms with Crippen LogP contribution in [-0.4, -0.2) is 34.1 Å². The Kier molecular flexibility index (Phi) is 4.72. The third kappa shape index (κ3) is 3.30. The number of nitro benzene ring substituents is 1. The second kappa shape index (κ2) is 7.33. The van der Waals surface area contributed by atoms with Crippen molar-refractivity contribution in [3.63, 3.8) is 0 Å². The fourth-order valence-electron chi connectivity index (χ4n) is 2.75. The van der Waals surface area contributed by atoms with Crippen LogP contribution in [0.1, 0.15) is 10.7 Å². The summed E-state index contributed by atoms with van der Waals surface area (Å²) in [5.74, 6) is -0.730. The van der Waals surface area contributed by atoms with E-state index in [4.69, 9.17) is 9.15 Å². The van der Waals surface area contributed by atoms with Crippen molar-refractivity contribution in [3.05, 3.63) is 63.3 Å². The Morgan fingerprint density at radius 3 is 2.93 bits per heavy atom. The van der Waals surface area contributed by atoms with Crippen molar-refractivity contribution < 1.29 is 18.9 Å². The van der Waals surface area contributed by atoms with Gasteiger partial charge in [-0.3, -0.25) is 14.9 Å². The van der Waals surface area contributed by atoms with Crippen LogP contribution < -0.4 is 4.80 Å². The molecule has 0 radical (unpaired) electrons. The van der Waals surface area contributed by atoms with Gasteiger partial charge in [-0.1, -0.05) is 23.5 Å². The molecule has 0 bridgehead atoms. The van der Waals surface area contributed by atoms with Gasteiger partial charge < -0.3 is 13.7 Å². The maximum absolute atomic E-state index is 12.6. The van der Waals surface area contributed by atoms with Crippen LogP contribution in [0.3, 0.4) is 0 Å². The number of hydrogen-bond donors (Lipinski definition) is 0. The van der Waals surface area contributed by atoms with Crippen LogP contribution in [0.25, 0.3) is 21.3 Å². The number of ether oxygens (including phenoxy) is 1. The summed E-state index contributed by atoms with van der Waals surface area (Å²) in [7, 11) is 1.55. The summed E-state index contributed by atoms with van der Waals surface area (Å²) < 4.78 is 13.1. The molecule has 0 aliphatic heterocycles. The first kappa shape index (κ1) is 18.0. The van der Waals surface area contributed by atoms with Gasteiger partial charge in [-0.25, -0.2) is 4.98 Å². The minimum Gasteiger partial charge on any atom is -0.432 e. The van der Waals surface area contributed by atoms with Gasteiger partial charge in [-0.15, -0.1) is 0 Å². The summed E-state index contributed by atoms with van der Waals surface area (Å²) in [5, 5.41) is 11.1. The molecule has 2 aromatic heterocycles. The number of hydrogen-bond acceptors (Lipinski definition) is 7. The van der Waals surface area contributed by atoms with E-state index in [2.05, 4.69) is 9.98 Å². The zero-order valence-corrected chi connectivity index (χ0v) is 15.5. The van der Waals surface area contributed by atoms with E-state index in [-0.39, 0.29) is 11.6 Å². The van der Waals surface area contributed by atoms with Gasteiger partial charge in [0.1, 0.15) is 5.52 Å². The average molecular weight is 398 g/mol. The predicted molar refractivity (Wildman–Crippen MR) is 102 cm³/mol. The number of thiazole rings is 1. The van der Waals surface area contributed by atoms with Gasteiger partial charge in [0.15, 0.2) is 10.4 Å². The number of benzene rings is 2. The number of rotatable bonds is 5. The highest BCUT2D eigenvalue weighted by Gasteiger charge is 2.16.